The molecule has 0 saturated carbocycles. The van der Waals surface area contributed by atoms with Crippen molar-refractivity contribution in [3.63, 3.8) is 0 Å². The fraction of sp³-hybridized carbons (Fsp3) is 0.375. The molecule has 1 aromatic heterocycles. The summed E-state index contributed by atoms with van der Waals surface area (Å²) in [7, 11) is 0. The van der Waals surface area contributed by atoms with E-state index < -0.39 is 0 Å². The summed E-state index contributed by atoms with van der Waals surface area (Å²) in [5.41, 5.74) is 3.55. The van der Waals surface area contributed by atoms with Crippen LogP contribution in [-0.2, 0) is 6.54 Å². The molecule has 6 nitrogen and oxygen atoms in total. The number of nitrogens with one attached hydrogen (secondary N) is 3. The molecular formula is C16H22N4O2. The summed E-state index contributed by atoms with van der Waals surface area (Å²) in [5.74, 6) is 0.731. The average Bonchev–Trinajstić information content (AvgIpc) is 2.75. The predicted octanol–water partition coefficient (Wildman–Crippen LogP) is 3.14. The van der Waals surface area contributed by atoms with Gasteiger partial charge in [0.2, 0.25) is 0 Å². The van der Waals surface area contributed by atoms with Gasteiger partial charge in [-0.2, -0.15) is 5.10 Å². The highest BCUT2D eigenvalue weighted by molar-refractivity contribution is 5.89. The third-order valence-electron chi connectivity index (χ3n) is 3.17. The molecule has 0 aliphatic carbocycles. The van der Waals surface area contributed by atoms with E-state index in [1.165, 1.54) is 0 Å². The SMILES string of the molecule is Cc1n[nH]c(C)c1CNC(=O)Nc1cccc(OC(C)C)c1. The van der Waals surface area contributed by atoms with Crippen LogP contribution < -0.4 is 15.4 Å². The second-order valence-corrected chi connectivity index (χ2v) is 5.41. The van der Waals surface area contributed by atoms with Crippen LogP contribution in [0.25, 0.3) is 0 Å². The van der Waals surface area contributed by atoms with Gasteiger partial charge in [0.25, 0.3) is 0 Å². The lowest BCUT2D eigenvalue weighted by Gasteiger charge is -2.12. The summed E-state index contributed by atoms with van der Waals surface area (Å²) in [6.45, 7) is 8.19. The van der Waals surface area contributed by atoms with Crippen LogP contribution in [0.3, 0.4) is 0 Å². The van der Waals surface area contributed by atoms with Crippen molar-refractivity contribution < 1.29 is 9.53 Å². The highest BCUT2D eigenvalue weighted by Gasteiger charge is 2.08. The molecule has 0 saturated heterocycles. The molecule has 0 fully saturated rings. The standard InChI is InChI=1S/C16H22N4O2/c1-10(2)22-14-7-5-6-13(8-14)18-16(21)17-9-15-11(3)19-20-12(15)4/h5-8,10H,9H2,1-4H3,(H,19,20)(H2,17,18,21). The van der Waals surface area contributed by atoms with Crippen LogP contribution in [0.2, 0.25) is 0 Å². The molecule has 0 unspecified atom stereocenters. The van der Waals surface area contributed by atoms with Crippen molar-refractivity contribution in [1.82, 2.24) is 15.5 Å². The van der Waals surface area contributed by atoms with Crippen LogP contribution in [0.5, 0.6) is 5.75 Å². The van der Waals surface area contributed by atoms with Gasteiger partial charge in [0.05, 0.1) is 11.8 Å². The molecule has 0 radical (unpaired) electrons. The zero-order valence-electron chi connectivity index (χ0n) is 13.4. The van der Waals surface area contributed by atoms with Gasteiger partial charge < -0.3 is 15.4 Å². The van der Waals surface area contributed by atoms with Crippen LogP contribution >= 0.6 is 0 Å². The molecule has 0 aliphatic rings. The van der Waals surface area contributed by atoms with E-state index in [1.54, 1.807) is 6.07 Å². The van der Waals surface area contributed by atoms with Crippen LogP contribution in [0.15, 0.2) is 24.3 Å². The van der Waals surface area contributed by atoms with Crippen molar-refractivity contribution in [3.8, 4) is 5.75 Å². The lowest BCUT2D eigenvalue weighted by molar-refractivity contribution is 0.242. The molecule has 0 aliphatic heterocycles. The number of hydrogen-bond donors (Lipinski definition) is 3. The van der Waals surface area contributed by atoms with Gasteiger partial charge in [0, 0.05) is 29.6 Å². The van der Waals surface area contributed by atoms with Gasteiger partial charge in [-0.25, -0.2) is 4.79 Å². The minimum atomic E-state index is -0.262. The van der Waals surface area contributed by atoms with Crippen LogP contribution in [-0.4, -0.2) is 22.3 Å². The van der Waals surface area contributed by atoms with E-state index in [1.807, 2.05) is 45.9 Å². The number of ether oxygens (including phenoxy) is 1. The van der Waals surface area contributed by atoms with Gasteiger partial charge in [-0.15, -0.1) is 0 Å². The number of aromatic amines is 1. The summed E-state index contributed by atoms with van der Waals surface area (Å²) in [6.07, 6.45) is 0.0936. The Morgan fingerprint density at radius 3 is 2.77 bits per heavy atom. The Morgan fingerprint density at radius 2 is 2.14 bits per heavy atom. The Hall–Kier alpha value is -2.50. The normalized spacial score (nSPS) is 10.6. The highest BCUT2D eigenvalue weighted by atomic mass is 16.5. The van der Waals surface area contributed by atoms with E-state index in [0.29, 0.717) is 12.2 Å². The quantitative estimate of drug-likeness (QED) is 0.794. The molecule has 0 spiro atoms. The third kappa shape index (κ3) is 4.25. The topological polar surface area (TPSA) is 79.0 Å². The van der Waals surface area contributed by atoms with Gasteiger partial charge in [-0.1, -0.05) is 6.07 Å². The van der Waals surface area contributed by atoms with Crippen LogP contribution in [0.1, 0.15) is 30.8 Å². The second kappa shape index (κ2) is 6.98. The molecule has 0 atom stereocenters. The van der Waals surface area contributed by atoms with E-state index in [-0.39, 0.29) is 12.1 Å². The highest BCUT2D eigenvalue weighted by Crippen LogP contribution is 2.18. The van der Waals surface area contributed by atoms with E-state index in [9.17, 15) is 4.79 Å². The number of anilines is 1. The third-order valence-corrected chi connectivity index (χ3v) is 3.17. The number of carbonyl (C=O) groups excluding carboxylic acids is 1. The first-order valence-electron chi connectivity index (χ1n) is 7.27. The average molecular weight is 302 g/mol. The maximum absolute atomic E-state index is 12.0. The molecule has 2 rings (SSSR count). The number of aryl methyl sites for hydroxylation is 2. The molecule has 2 amide bonds. The van der Waals surface area contributed by atoms with E-state index in [2.05, 4.69) is 20.8 Å². The number of hydrogen-bond acceptors (Lipinski definition) is 3. The lowest BCUT2D eigenvalue weighted by atomic mass is 10.2. The number of H-pyrrole nitrogens is 1. The smallest absolute Gasteiger partial charge is 0.319 e. The Labute approximate surface area is 130 Å². The minimum Gasteiger partial charge on any atom is -0.491 e. The number of aromatic nitrogens is 2. The van der Waals surface area contributed by atoms with Gasteiger partial charge in [0.15, 0.2) is 0 Å². The molecular weight excluding hydrogens is 280 g/mol. The molecule has 22 heavy (non-hydrogen) atoms. The van der Waals surface area contributed by atoms with E-state index in [4.69, 9.17) is 4.74 Å². The number of rotatable bonds is 5. The number of urea groups is 1. The largest absolute Gasteiger partial charge is 0.491 e. The Bertz CT molecular complexity index is 630. The van der Waals surface area contributed by atoms with Crippen LogP contribution in [0, 0.1) is 13.8 Å². The fourth-order valence-electron chi connectivity index (χ4n) is 2.10. The number of carbonyl (C=O) groups is 1. The molecule has 0 bridgehead atoms. The summed E-state index contributed by atoms with van der Waals surface area (Å²) < 4.78 is 5.60. The van der Waals surface area contributed by atoms with E-state index >= 15 is 0 Å². The molecule has 6 heteroatoms. The first-order valence-corrected chi connectivity index (χ1v) is 7.27. The van der Waals surface area contributed by atoms with Gasteiger partial charge in [0.1, 0.15) is 5.75 Å². The Kier molecular flexibility index (Phi) is 5.04. The number of amides is 2. The van der Waals surface area contributed by atoms with Crippen molar-refractivity contribution in [1.29, 1.82) is 0 Å². The summed E-state index contributed by atoms with van der Waals surface area (Å²) in [6, 6.07) is 7.07. The van der Waals surface area contributed by atoms with Crippen molar-refractivity contribution in [2.75, 3.05) is 5.32 Å². The Balaban J connectivity index is 1.92. The monoisotopic (exact) mass is 302 g/mol. The van der Waals surface area contributed by atoms with Crippen molar-refractivity contribution >= 4 is 11.7 Å². The molecule has 2 aromatic rings. The number of benzene rings is 1. The van der Waals surface area contributed by atoms with Crippen LogP contribution in [0.4, 0.5) is 10.5 Å². The first kappa shape index (κ1) is 15.9. The fourth-order valence-corrected chi connectivity index (χ4v) is 2.10. The second-order valence-electron chi connectivity index (χ2n) is 5.41. The number of nitrogens with zero attached hydrogens (tertiary/aromatic N) is 1. The van der Waals surface area contributed by atoms with Gasteiger partial charge >= 0.3 is 6.03 Å². The predicted molar refractivity (Wildman–Crippen MR) is 86.1 cm³/mol. The zero-order chi connectivity index (χ0) is 16.1. The zero-order valence-corrected chi connectivity index (χ0v) is 13.4. The maximum Gasteiger partial charge on any atom is 0.319 e. The Morgan fingerprint density at radius 1 is 1.36 bits per heavy atom. The molecule has 118 valence electrons. The molecule has 1 heterocycles. The van der Waals surface area contributed by atoms with Gasteiger partial charge in [-0.05, 0) is 39.8 Å². The lowest BCUT2D eigenvalue weighted by Crippen LogP contribution is -2.28. The summed E-state index contributed by atoms with van der Waals surface area (Å²) >= 11 is 0. The molecule has 1 aromatic carbocycles. The summed E-state index contributed by atoms with van der Waals surface area (Å²) in [4.78, 5) is 12.0. The maximum atomic E-state index is 12.0. The molecule has 3 N–H and O–H groups in total. The minimum absolute atomic E-state index is 0.0936. The summed E-state index contributed by atoms with van der Waals surface area (Å²) in [5, 5.41) is 12.6. The van der Waals surface area contributed by atoms with Crippen molar-refractivity contribution in [2.45, 2.75) is 40.3 Å². The van der Waals surface area contributed by atoms with Crippen molar-refractivity contribution in [2.24, 2.45) is 0 Å². The van der Waals surface area contributed by atoms with E-state index in [0.717, 1.165) is 22.7 Å². The van der Waals surface area contributed by atoms with Gasteiger partial charge in [-0.3, -0.25) is 5.10 Å². The van der Waals surface area contributed by atoms with Crippen molar-refractivity contribution in [3.05, 3.63) is 41.2 Å². The first-order chi connectivity index (χ1) is 10.5.